The average molecular weight is 248 g/mol. The first kappa shape index (κ1) is 13.4. The van der Waals surface area contributed by atoms with Crippen LogP contribution in [0.25, 0.3) is 0 Å². The molecule has 0 saturated heterocycles. The topological polar surface area (TPSA) is 65.2 Å². The molecule has 0 aliphatic heterocycles. The monoisotopic (exact) mass is 248 g/mol. The van der Waals surface area contributed by atoms with Gasteiger partial charge in [-0.2, -0.15) is 4.39 Å². The normalized spacial score (nSPS) is 10.7. The lowest BCUT2D eigenvalue weighted by Crippen LogP contribution is -2.15. The van der Waals surface area contributed by atoms with E-state index in [1.165, 1.54) is 6.92 Å². The molecule has 0 atom stereocenters. The highest BCUT2D eigenvalue weighted by Gasteiger charge is 2.25. The smallest absolute Gasteiger partial charge is 0.338 e. The van der Waals surface area contributed by atoms with Crippen molar-refractivity contribution in [1.29, 1.82) is 0 Å². The maximum atomic E-state index is 13.0. The van der Waals surface area contributed by atoms with Gasteiger partial charge in [0.1, 0.15) is 0 Å². The fourth-order valence-corrected chi connectivity index (χ4v) is 1.35. The Balaban J connectivity index is 3.35. The van der Waals surface area contributed by atoms with E-state index in [0.29, 0.717) is 6.07 Å². The minimum absolute atomic E-state index is 0.00338. The minimum Gasteiger partial charge on any atom is -0.462 e. The Labute approximate surface area is 95.6 Å². The first-order valence-electron chi connectivity index (χ1n) is 4.85. The third-order valence-corrected chi connectivity index (χ3v) is 2.01. The van der Waals surface area contributed by atoms with Crippen molar-refractivity contribution in [3.8, 4) is 0 Å². The zero-order chi connectivity index (χ0) is 13.0. The summed E-state index contributed by atoms with van der Waals surface area (Å²) in [6.45, 7) is 1.13. The Morgan fingerprint density at radius 2 is 2.24 bits per heavy atom. The van der Waals surface area contributed by atoms with E-state index in [4.69, 9.17) is 5.73 Å². The van der Waals surface area contributed by atoms with Gasteiger partial charge in [-0.05, 0) is 6.92 Å². The van der Waals surface area contributed by atoms with E-state index < -0.39 is 29.5 Å². The zero-order valence-electron chi connectivity index (χ0n) is 9.04. The van der Waals surface area contributed by atoms with Gasteiger partial charge in [0.25, 0.3) is 6.43 Å². The number of nitrogens with zero attached hydrogens (tertiary/aromatic N) is 1. The molecule has 2 N–H and O–H groups in total. The number of halogens is 3. The highest BCUT2D eigenvalue weighted by Crippen LogP contribution is 2.26. The van der Waals surface area contributed by atoms with Crippen LogP contribution in [-0.2, 0) is 11.3 Å². The van der Waals surface area contributed by atoms with Gasteiger partial charge in [-0.25, -0.2) is 18.6 Å². The van der Waals surface area contributed by atoms with Gasteiger partial charge < -0.3 is 10.5 Å². The summed E-state index contributed by atoms with van der Waals surface area (Å²) in [5.74, 6) is -2.06. The summed E-state index contributed by atoms with van der Waals surface area (Å²) in [4.78, 5) is 14.6. The lowest BCUT2D eigenvalue weighted by atomic mass is 10.1. The van der Waals surface area contributed by atoms with Crippen molar-refractivity contribution < 1.29 is 22.7 Å². The fraction of sp³-hybridized carbons (Fsp3) is 0.400. The molecule has 0 bridgehead atoms. The number of aromatic nitrogens is 1. The fourth-order valence-electron chi connectivity index (χ4n) is 1.35. The molecule has 0 aromatic carbocycles. The van der Waals surface area contributed by atoms with Crippen LogP contribution >= 0.6 is 0 Å². The SMILES string of the molecule is CCOC(=O)c1cc(F)nc(CN)c1C(F)F. The Morgan fingerprint density at radius 1 is 1.59 bits per heavy atom. The van der Waals surface area contributed by atoms with Gasteiger partial charge in [-0.1, -0.05) is 0 Å². The molecule has 1 rings (SSSR count). The minimum atomic E-state index is -2.97. The molecule has 4 nitrogen and oxygen atoms in total. The number of hydrogen-bond acceptors (Lipinski definition) is 4. The molecule has 1 aromatic heterocycles. The van der Waals surface area contributed by atoms with Crippen molar-refractivity contribution in [2.45, 2.75) is 19.9 Å². The van der Waals surface area contributed by atoms with E-state index in [2.05, 4.69) is 9.72 Å². The predicted molar refractivity (Wildman–Crippen MR) is 53.0 cm³/mol. The van der Waals surface area contributed by atoms with Gasteiger partial charge in [0.15, 0.2) is 0 Å². The largest absolute Gasteiger partial charge is 0.462 e. The Morgan fingerprint density at radius 3 is 2.71 bits per heavy atom. The third-order valence-electron chi connectivity index (χ3n) is 2.01. The molecule has 0 aliphatic rings. The molecule has 0 fully saturated rings. The first-order valence-corrected chi connectivity index (χ1v) is 4.85. The Bertz CT molecular complexity index is 424. The van der Waals surface area contributed by atoms with Crippen LogP contribution in [0.5, 0.6) is 0 Å². The molecule has 0 saturated carbocycles. The molecule has 0 aliphatic carbocycles. The Kier molecular flexibility index (Phi) is 4.45. The molecular formula is C10H11F3N2O2. The van der Waals surface area contributed by atoms with Crippen LogP contribution in [0.15, 0.2) is 6.07 Å². The number of alkyl halides is 2. The van der Waals surface area contributed by atoms with Crippen molar-refractivity contribution in [1.82, 2.24) is 4.98 Å². The molecule has 7 heteroatoms. The molecule has 17 heavy (non-hydrogen) atoms. The number of rotatable bonds is 4. The average Bonchev–Trinajstić information content (AvgIpc) is 2.27. The summed E-state index contributed by atoms with van der Waals surface area (Å²) in [5.41, 5.74) is 3.63. The lowest BCUT2D eigenvalue weighted by Gasteiger charge is -2.11. The van der Waals surface area contributed by atoms with Crippen molar-refractivity contribution in [3.05, 3.63) is 28.8 Å². The van der Waals surface area contributed by atoms with Gasteiger partial charge in [0.05, 0.1) is 23.4 Å². The van der Waals surface area contributed by atoms with Gasteiger partial charge in [-0.15, -0.1) is 0 Å². The second-order valence-electron chi connectivity index (χ2n) is 3.08. The van der Waals surface area contributed by atoms with Crippen LogP contribution in [0.2, 0.25) is 0 Å². The summed E-state index contributed by atoms with van der Waals surface area (Å²) in [7, 11) is 0. The molecular weight excluding hydrogens is 237 g/mol. The van der Waals surface area contributed by atoms with Gasteiger partial charge >= 0.3 is 5.97 Å². The van der Waals surface area contributed by atoms with E-state index in [9.17, 15) is 18.0 Å². The number of carbonyl (C=O) groups is 1. The number of nitrogens with two attached hydrogens (primary N) is 1. The number of hydrogen-bond donors (Lipinski definition) is 1. The van der Waals surface area contributed by atoms with Crippen LogP contribution < -0.4 is 5.73 Å². The second-order valence-corrected chi connectivity index (χ2v) is 3.08. The molecule has 0 unspecified atom stereocenters. The van der Waals surface area contributed by atoms with Crippen LogP contribution in [0.4, 0.5) is 13.2 Å². The highest BCUT2D eigenvalue weighted by molar-refractivity contribution is 5.91. The van der Waals surface area contributed by atoms with Crippen LogP contribution in [0.3, 0.4) is 0 Å². The van der Waals surface area contributed by atoms with Crippen molar-refractivity contribution in [2.75, 3.05) is 6.61 Å². The zero-order valence-corrected chi connectivity index (χ0v) is 9.04. The second kappa shape index (κ2) is 5.62. The van der Waals surface area contributed by atoms with Gasteiger partial charge in [-0.3, -0.25) is 0 Å². The first-order chi connectivity index (χ1) is 8.01. The highest BCUT2D eigenvalue weighted by atomic mass is 19.3. The van der Waals surface area contributed by atoms with Crippen LogP contribution in [0.1, 0.15) is 35.0 Å². The maximum Gasteiger partial charge on any atom is 0.338 e. The van der Waals surface area contributed by atoms with E-state index in [-0.39, 0.29) is 18.8 Å². The maximum absolute atomic E-state index is 13.0. The summed E-state index contributed by atoms with van der Waals surface area (Å²) < 4.78 is 43.2. The van der Waals surface area contributed by atoms with Crippen LogP contribution in [-0.4, -0.2) is 17.6 Å². The Hall–Kier alpha value is -1.63. The van der Waals surface area contributed by atoms with Crippen molar-refractivity contribution >= 4 is 5.97 Å². The van der Waals surface area contributed by atoms with E-state index in [1.807, 2.05) is 0 Å². The summed E-state index contributed by atoms with van der Waals surface area (Å²) in [5, 5.41) is 0. The lowest BCUT2D eigenvalue weighted by molar-refractivity contribution is 0.0513. The standard InChI is InChI=1S/C10H11F3N2O2/c1-2-17-10(16)5-3-7(11)15-6(4-14)8(5)9(12)13/h3,9H,2,4,14H2,1H3. The third kappa shape index (κ3) is 2.94. The summed E-state index contributed by atoms with van der Waals surface area (Å²) >= 11 is 0. The summed E-state index contributed by atoms with van der Waals surface area (Å²) in [6.07, 6.45) is -2.97. The summed E-state index contributed by atoms with van der Waals surface area (Å²) in [6, 6.07) is 0.624. The molecule has 1 aromatic rings. The van der Waals surface area contributed by atoms with E-state index >= 15 is 0 Å². The van der Waals surface area contributed by atoms with E-state index in [0.717, 1.165) is 0 Å². The van der Waals surface area contributed by atoms with Gasteiger partial charge in [0.2, 0.25) is 5.95 Å². The number of pyridine rings is 1. The quantitative estimate of drug-likeness (QED) is 0.651. The number of esters is 1. The molecule has 0 radical (unpaired) electrons. The van der Waals surface area contributed by atoms with Crippen molar-refractivity contribution in [3.63, 3.8) is 0 Å². The van der Waals surface area contributed by atoms with Crippen LogP contribution in [0, 0.1) is 5.95 Å². The van der Waals surface area contributed by atoms with E-state index in [1.54, 1.807) is 0 Å². The number of carbonyl (C=O) groups excluding carboxylic acids is 1. The van der Waals surface area contributed by atoms with Gasteiger partial charge in [0, 0.05) is 12.6 Å². The number of ether oxygens (including phenoxy) is 1. The predicted octanol–water partition coefficient (Wildman–Crippen LogP) is 1.79. The molecule has 0 amide bonds. The molecule has 94 valence electrons. The molecule has 0 spiro atoms. The molecule has 1 heterocycles. The van der Waals surface area contributed by atoms with Crippen molar-refractivity contribution in [2.24, 2.45) is 5.73 Å².